The van der Waals surface area contributed by atoms with Crippen molar-refractivity contribution in [2.45, 2.75) is 6.92 Å². The molecule has 0 radical (unpaired) electrons. The molecule has 0 aromatic rings. The van der Waals surface area contributed by atoms with E-state index in [1.54, 1.807) is 13.0 Å². The van der Waals surface area contributed by atoms with Gasteiger partial charge in [0.2, 0.25) is 0 Å². The molecule has 70 valence electrons. The Morgan fingerprint density at radius 3 is 2.58 bits per heavy atom. The molecule has 0 spiro atoms. The summed E-state index contributed by atoms with van der Waals surface area (Å²) < 4.78 is 16.5. The second-order valence-corrected chi connectivity index (χ2v) is 5.96. The maximum Gasteiger partial charge on any atom is 0.250 e. The highest BCUT2D eigenvalue weighted by atomic mass is 35.5. The lowest BCUT2D eigenvalue weighted by Crippen LogP contribution is -1.91. The molecule has 2 nitrogen and oxygen atoms in total. The molecule has 5 heteroatoms. The van der Waals surface area contributed by atoms with Crippen LogP contribution in [0.2, 0.25) is 0 Å². The van der Waals surface area contributed by atoms with Crippen molar-refractivity contribution in [1.29, 1.82) is 0 Å². The van der Waals surface area contributed by atoms with Gasteiger partial charge < -0.3 is 4.52 Å². The molecule has 0 aromatic heterocycles. The molecule has 0 saturated carbocycles. The zero-order valence-corrected chi connectivity index (χ0v) is 9.20. The van der Waals surface area contributed by atoms with E-state index in [1.807, 2.05) is 0 Å². The second-order valence-electron chi connectivity index (χ2n) is 2.11. The highest BCUT2D eigenvalue weighted by Crippen LogP contribution is 2.47. The number of hydrogen-bond donors (Lipinski definition) is 0. The Kier molecular flexibility index (Phi) is 5.73. The number of rotatable bonds is 5. The molecule has 1 unspecified atom stereocenters. The van der Waals surface area contributed by atoms with Crippen LogP contribution in [0.4, 0.5) is 0 Å². The molecule has 0 fully saturated rings. The van der Waals surface area contributed by atoms with E-state index in [-0.39, 0.29) is 4.49 Å². The van der Waals surface area contributed by atoms with Gasteiger partial charge in [0.15, 0.2) is 0 Å². The smallest absolute Gasteiger partial charge is 0.250 e. The lowest BCUT2D eigenvalue weighted by atomic mass is 10.8. The fourth-order valence-corrected chi connectivity index (χ4v) is 1.98. The van der Waals surface area contributed by atoms with Gasteiger partial charge in [-0.05, 0) is 0 Å². The minimum Gasteiger partial charge on any atom is -0.448 e. The molecule has 1 atom stereocenters. The fourth-order valence-electron chi connectivity index (χ4n) is 0.579. The molecule has 0 aliphatic heterocycles. The Hall–Kier alpha value is 0.0900. The summed E-state index contributed by atoms with van der Waals surface area (Å²) in [4.78, 5) is 0. The Morgan fingerprint density at radius 2 is 2.25 bits per heavy atom. The van der Waals surface area contributed by atoms with Crippen LogP contribution in [-0.4, -0.2) is 12.3 Å². The van der Waals surface area contributed by atoms with E-state index in [4.69, 9.17) is 27.7 Å². The Balaban J connectivity index is 4.24. The molecule has 0 aliphatic rings. The quantitative estimate of drug-likeness (QED) is 0.407. The van der Waals surface area contributed by atoms with E-state index in [0.717, 1.165) is 6.26 Å². The first kappa shape index (κ1) is 12.1. The topological polar surface area (TPSA) is 26.3 Å². The van der Waals surface area contributed by atoms with Crippen molar-refractivity contribution in [2.24, 2.45) is 0 Å². The molecule has 0 aliphatic carbocycles. The lowest BCUT2D eigenvalue weighted by molar-refractivity contribution is 0.443. The zero-order chi connectivity index (χ0) is 9.61. The largest absolute Gasteiger partial charge is 0.448 e. The maximum atomic E-state index is 11.6. The van der Waals surface area contributed by atoms with E-state index in [2.05, 4.69) is 6.58 Å². The molecule has 0 heterocycles. The van der Waals surface area contributed by atoms with E-state index in [9.17, 15) is 4.57 Å². The molecule has 0 amide bonds. The second kappa shape index (κ2) is 5.69. The van der Waals surface area contributed by atoms with Gasteiger partial charge in [0.05, 0.1) is 6.16 Å². The van der Waals surface area contributed by atoms with Gasteiger partial charge in [0.1, 0.15) is 10.8 Å². The number of allylic oxidation sites excluding steroid dienone is 1. The van der Waals surface area contributed by atoms with Crippen molar-refractivity contribution in [3.05, 3.63) is 23.4 Å². The first-order valence-corrected chi connectivity index (χ1v) is 6.17. The van der Waals surface area contributed by atoms with Gasteiger partial charge in [-0.2, -0.15) is 0 Å². The standard InChI is InChI=1S/C7H11Cl2O2P/c1-3-5-12(10,4-2)11-6-7(8)9/h3,6H,1,4-5H2,2H3. The summed E-state index contributed by atoms with van der Waals surface area (Å²) in [5.41, 5.74) is 0. The third-order valence-electron chi connectivity index (χ3n) is 1.22. The SMILES string of the molecule is C=CCP(=O)(CC)OC=C(Cl)Cl. The zero-order valence-electron chi connectivity index (χ0n) is 6.80. The van der Waals surface area contributed by atoms with Crippen LogP contribution in [-0.2, 0) is 9.09 Å². The minimum absolute atomic E-state index is 0.0345. The van der Waals surface area contributed by atoms with Crippen molar-refractivity contribution in [3.63, 3.8) is 0 Å². The minimum atomic E-state index is -2.62. The predicted octanol–water partition coefficient (Wildman–Crippen LogP) is 3.76. The van der Waals surface area contributed by atoms with Crippen LogP contribution in [0.1, 0.15) is 6.92 Å². The van der Waals surface area contributed by atoms with E-state index < -0.39 is 7.37 Å². The predicted molar refractivity (Wildman–Crippen MR) is 54.1 cm³/mol. The molecule has 0 aromatic carbocycles. The maximum absolute atomic E-state index is 11.6. The molecule has 0 N–H and O–H groups in total. The first-order valence-electron chi connectivity index (χ1n) is 3.42. The van der Waals surface area contributed by atoms with Crippen LogP contribution in [0.5, 0.6) is 0 Å². The van der Waals surface area contributed by atoms with Gasteiger partial charge in [-0.3, -0.25) is 4.57 Å². The summed E-state index contributed by atoms with van der Waals surface area (Å²) in [5.74, 6) is 0. The molecular weight excluding hydrogens is 218 g/mol. The monoisotopic (exact) mass is 228 g/mol. The van der Waals surface area contributed by atoms with E-state index >= 15 is 0 Å². The average molecular weight is 229 g/mol. The third-order valence-corrected chi connectivity index (χ3v) is 3.67. The van der Waals surface area contributed by atoms with Crippen LogP contribution >= 0.6 is 30.6 Å². The summed E-state index contributed by atoms with van der Waals surface area (Å²) >= 11 is 10.6. The average Bonchev–Trinajstić information content (AvgIpc) is 2.02. The fraction of sp³-hybridized carbons (Fsp3) is 0.429. The Labute approximate surface area is 82.6 Å². The van der Waals surface area contributed by atoms with Crippen LogP contribution in [0, 0.1) is 0 Å². The number of halogens is 2. The Bertz CT molecular complexity index is 221. The van der Waals surface area contributed by atoms with Gasteiger partial charge in [-0.15, -0.1) is 6.58 Å². The van der Waals surface area contributed by atoms with Crippen LogP contribution in [0.25, 0.3) is 0 Å². The van der Waals surface area contributed by atoms with Crippen molar-refractivity contribution in [1.82, 2.24) is 0 Å². The highest BCUT2D eigenvalue weighted by Gasteiger charge is 2.17. The molecule has 12 heavy (non-hydrogen) atoms. The van der Waals surface area contributed by atoms with Gasteiger partial charge in [0.25, 0.3) is 7.37 Å². The molecule has 0 bridgehead atoms. The first-order chi connectivity index (χ1) is 5.54. The van der Waals surface area contributed by atoms with Gasteiger partial charge >= 0.3 is 0 Å². The van der Waals surface area contributed by atoms with E-state index in [1.165, 1.54) is 0 Å². The molecular formula is C7H11Cl2O2P. The molecule has 0 saturated heterocycles. The van der Waals surface area contributed by atoms with Crippen LogP contribution < -0.4 is 0 Å². The summed E-state index contributed by atoms with van der Waals surface area (Å²) in [7, 11) is -2.62. The van der Waals surface area contributed by atoms with Gasteiger partial charge in [0, 0.05) is 6.16 Å². The summed E-state index contributed by atoms with van der Waals surface area (Å²) in [6.07, 6.45) is 3.43. The van der Waals surface area contributed by atoms with Crippen molar-refractivity contribution < 1.29 is 9.09 Å². The van der Waals surface area contributed by atoms with Gasteiger partial charge in [-0.25, -0.2) is 0 Å². The highest BCUT2D eigenvalue weighted by molar-refractivity contribution is 7.59. The third kappa shape index (κ3) is 4.87. The molecule has 0 rings (SSSR count). The summed E-state index contributed by atoms with van der Waals surface area (Å²) in [5, 5.41) is 0. The Morgan fingerprint density at radius 1 is 1.67 bits per heavy atom. The van der Waals surface area contributed by atoms with Crippen molar-refractivity contribution in [3.8, 4) is 0 Å². The summed E-state index contributed by atoms with van der Waals surface area (Å²) in [6, 6.07) is 0. The van der Waals surface area contributed by atoms with Crippen molar-refractivity contribution in [2.75, 3.05) is 12.3 Å². The lowest BCUT2D eigenvalue weighted by Gasteiger charge is -2.12. The van der Waals surface area contributed by atoms with E-state index in [0.29, 0.717) is 12.3 Å². The van der Waals surface area contributed by atoms with Crippen molar-refractivity contribution >= 4 is 30.6 Å². The summed E-state index contributed by atoms with van der Waals surface area (Å²) in [6.45, 7) is 5.26. The van der Waals surface area contributed by atoms with Crippen LogP contribution in [0.15, 0.2) is 23.4 Å². The van der Waals surface area contributed by atoms with Gasteiger partial charge in [-0.1, -0.05) is 36.2 Å². The van der Waals surface area contributed by atoms with Crippen LogP contribution in [0.3, 0.4) is 0 Å². The number of hydrogen-bond acceptors (Lipinski definition) is 2. The normalized spacial score (nSPS) is 14.6.